The summed E-state index contributed by atoms with van der Waals surface area (Å²) in [6, 6.07) is 22.5. The van der Waals surface area contributed by atoms with E-state index in [4.69, 9.17) is 60.6 Å². The minimum Gasteiger partial charge on any atom is -0.453 e. The van der Waals surface area contributed by atoms with E-state index in [9.17, 15) is 0 Å². The van der Waals surface area contributed by atoms with Gasteiger partial charge in [0.25, 0.3) is 11.6 Å². The van der Waals surface area contributed by atoms with Crippen molar-refractivity contribution in [1.82, 2.24) is 0 Å². The van der Waals surface area contributed by atoms with Crippen LogP contribution in [0.25, 0.3) is 0 Å². The molecule has 2 aliphatic rings. The summed E-state index contributed by atoms with van der Waals surface area (Å²) in [6.45, 7) is 4.01. The molecule has 0 amide bonds. The van der Waals surface area contributed by atoms with Crippen molar-refractivity contribution in [2.24, 2.45) is 0 Å². The van der Waals surface area contributed by atoms with Crippen LogP contribution in [0.15, 0.2) is 72.8 Å². The van der Waals surface area contributed by atoms with E-state index >= 15 is 0 Å². The second kappa shape index (κ2) is 8.06. The highest BCUT2D eigenvalue weighted by Gasteiger charge is 2.60. The van der Waals surface area contributed by atoms with Crippen LogP contribution in [0.4, 0.5) is 0 Å². The largest absolute Gasteiger partial charge is 0.453 e. The van der Waals surface area contributed by atoms with Crippen molar-refractivity contribution in [3.05, 3.63) is 126 Å². The van der Waals surface area contributed by atoms with Crippen molar-refractivity contribution in [3.63, 3.8) is 0 Å². The van der Waals surface area contributed by atoms with Gasteiger partial charge in [-0.2, -0.15) is 0 Å². The summed E-state index contributed by atoms with van der Waals surface area (Å²) in [5.41, 5.74) is 4.84. The Balaban J connectivity index is 1.72. The van der Waals surface area contributed by atoms with E-state index in [1.54, 1.807) is 24.3 Å². The molecule has 0 aromatic heterocycles. The molecule has 7 heteroatoms. The quantitative estimate of drug-likeness (QED) is 0.253. The third kappa shape index (κ3) is 3.45. The van der Waals surface area contributed by atoms with Gasteiger partial charge in [0.05, 0.1) is 31.2 Å². The van der Waals surface area contributed by atoms with Crippen molar-refractivity contribution in [1.29, 1.82) is 0 Å². The van der Waals surface area contributed by atoms with Crippen molar-refractivity contribution < 1.29 is 14.2 Å². The number of hydrogen-bond acceptors (Lipinski definition) is 3. The van der Waals surface area contributed by atoms with Crippen LogP contribution < -0.4 is 9.47 Å². The Morgan fingerprint density at radius 2 is 0.943 bits per heavy atom. The average molecular weight is 544 g/mol. The molecule has 4 aromatic rings. The predicted octanol–water partition coefficient (Wildman–Crippen LogP) is 8.82. The zero-order chi connectivity index (χ0) is 24.5. The molecule has 176 valence electrons. The summed E-state index contributed by atoms with van der Waals surface area (Å²) in [7, 11) is 0. The molecule has 2 unspecified atom stereocenters. The van der Waals surface area contributed by atoms with Crippen LogP contribution >= 0.6 is 46.4 Å². The molecule has 2 aliphatic heterocycles. The lowest BCUT2D eigenvalue weighted by molar-refractivity contribution is -0.322. The Bertz CT molecular complexity index is 1410. The molecule has 2 bridgehead atoms. The first-order valence-electron chi connectivity index (χ1n) is 10.9. The van der Waals surface area contributed by atoms with Crippen molar-refractivity contribution in [2.45, 2.75) is 25.4 Å². The molecule has 2 atom stereocenters. The van der Waals surface area contributed by atoms with E-state index in [0.29, 0.717) is 42.7 Å². The van der Waals surface area contributed by atoms with Gasteiger partial charge in [0.15, 0.2) is 0 Å². The van der Waals surface area contributed by atoms with Gasteiger partial charge in [-0.05, 0) is 62.4 Å². The lowest BCUT2D eigenvalue weighted by Crippen LogP contribution is -2.56. The molecule has 4 aromatic carbocycles. The van der Waals surface area contributed by atoms with E-state index in [-0.39, 0.29) is 0 Å². The van der Waals surface area contributed by atoms with Crippen LogP contribution in [0, 0.1) is 13.8 Å². The normalized spacial score (nSPS) is 22.0. The van der Waals surface area contributed by atoms with Crippen molar-refractivity contribution >= 4 is 46.4 Å². The molecular formula is C28H18Cl4O3. The fraction of sp³-hybridized carbons (Fsp3) is 0.143. The second-order valence-corrected chi connectivity index (χ2v) is 10.4. The molecule has 0 spiro atoms. The van der Waals surface area contributed by atoms with E-state index in [1.165, 1.54) is 0 Å². The van der Waals surface area contributed by atoms with Gasteiger partial charge >= 0.3 is 0 Å². The third-order valence-electron chi connectivity index (χ3n) is 6.37. The van der Waals surface area contributed by atoms with Gasteiger partial charge in [-0.1, -0.05) is 81.8 Å². The van der Waals surface area contributed by atoms with Crippen LogP contribution in [0.3, 0.4) is 0 Å². The number of rotatable bonds is 2. The number of halogens is 4. The first-order valence-corrected chi connectivity index (χ1v) is 12.4. The lowest BCUT2D eigenvalue weighted by atomic mass is 9.86. The molecule has 0 saturated heterocycles. The first kappa shape index (κ1) is 23.0. The monoisotopic (exact) mass is 542 g/mol. The maximum Gasteiger partial charge on any atom is 0.271 e. The second-order valence-electron chi connectivity index (χ2n) is 8.80. The molecule has 2 heterocycles. The molecule has 35 heavy (non-hydrogen) atoms. The average Bonchev–Trinajstić information content (AvgIpc) is 2.83. The SMILES string of the molecule is Cc1ccc2c(c1)C1(c3ccc(Cl)c(Cl)c3)Oc3ccc(C)cc3C(c3ccc(Cl)c(Cl)c3)(O2)O1. The Kier molecular flexibility index (Phi) is 5.30. The van der Waals surface area contributed by atoms with Crippen LogP contribution in [0.1, 0.15) is 33.4 Å². The summed E-state index contributed by atoms with van der Waals surface area (Å²) in [5.74, 6) is -1.51. The van der Waals surface area contributed by atoms with Gasteiger partial charge in [0.2, 0.25) is 0 Å². The first-order chi connectivity index (χ1) is 16.7. The molecule has 6 rings (SSSR count). The summed E-state index contributed by atoms with van der Waals surface area (Å²) in [4.78, 5) is 0. The van der Waals surface area contributed by atoms with Crippen LogP contribution in [-0.2, 0) is 16.3 Å². The molecule has 3 nitrogen and oxygen atoms in total. The van der Waals surface area contributed by atoms with Gasteiger partial charge in [-0.25, -0.2) is 0 Å². The fourth-order valence-corrected chi connectivity index (χ4v) is 5.30. The van der Waals surface area contributed by atoms with Gasteiger partial charge in [0, 0.05) is 11.1 Å². The van der Waals surface area contributed by atoms with Gasteiger partial charge in [0.1, 0.15) is 11.5 Å². The van der Waals surface area contributed by atoms with Crippen molar-refractivity contribution in [3.8, 4) is 11.5 Å². The Morgan fingerprint density at radius 3 is 1.34 bits per heavy atom. The zero-order valence-electron chi connectivity index (χ0n) is 18.7. The van der Waals surface area contributed by atoms with E-state index < -0.39 is 11.6 Å². The number of hydrogen-bond donors (Lipinski definition) is 0. The van der Waals surface area contributed by atoms with E-state index in [0.717, 1.165) is 22.3 Å². The van der Waals surface area contributed by atoms with Gasteiger partial charge in [-0.3, -0.25) is 4.74 Å². The summed E-state index contributed by atoms with van der Waals surface area (Å²) < 4.78 is 20.5. The number of aryl methyl sites for hydroxylation is 2. The smallest absolute Gasteiger partial charge is 0.271 e. The topological polar surface area (TPSA) is 27.7 Å². The highest BCUT2D eigenvalue weighted by atomic mass is 35.5. The fourth-order valence-electron chi connectivity index (χ4n) is 4.70. The molecular weight excluding hydrogens is 526 g/mol. The summed E-state index contributed by atoms with van der Waals surface area (Å²) in [6.07, 6.45) is 0. The molecule has 0 fully saturated rings. The van der Waals surface area contributed by atoms with Crippen LogP contribution in [0.5, 0.6) is 11.5 Å². The number of ether oxygens (including phenoxy) is 3. The molecule has 0 aliphatic carbocycles. The van der Waals surface area contributed by atoms with Crippen LogP contribution in [0.2, 0.25) is 20.1 Å². The number of benzene rings is 4. The molecule has 0 radical (unpaired) electrons. The van der Waals surface area contributed by atoms with E-state index in [2.05, 4.69) is 0 Å². The van der Waals surface area contributed by atoms with Gasteiger partial charge < -0.3 is 9.47 Å². The highest BCUT2D eigenvalue weighted by Crippen LogP contribution is 2.59. The minimum atomic E-state index is -1.37. The maximum atomic E-state index is 6.97. The predicted molar refractivity (Wildman–Crippen MR) is 139 cm³/mol. The lowest BCUT2D eigenvalue weighted by Gasteiger charge is -2.52. The number of fused-ring (bicyclic) bond motifs is 6. The van der Waals surface area contributed by atoms with Crippen LogP contribution in [-0.4, -0.2) is 0 Å². The molecule has 0 N–H and O–H groups in total. The standard InChI is InChI=1S/C28H18Cl4O3/c1-15-3-9-25-19(11-15)27(17-5-7-21(29)23(31)13-17)34-26-10-4-16(2)12-20(26)28(33-25,35-27)18-6-8-22(30)24(32)14-18/h3-14H,1-2H3. The molecule has 0 saturated carbocycles. The maximum absolute atomic E-state index is 6.97. The third-order valence-corrected chi connectivity index (χ3v) is 7.85. The summed E-state index contributed by atoms with van der Waals surface area (Å²) in [5, 5.41) is 1.65. The zero-order valence-corrected chi connectivity index (χ0v) is 21.7. The van der Waals surface area contributed by atoms with Gasteiger partial charge in [-0.15, -0.1) is 0 Å². The Hall–Kier alpha value is -2.40. The Morgan fingerprint density at radius 1 is 0.514 bits per heavy atom. The highest BCUT2D eigenvalue weighted by molar-refractivity contribution is 6.42. The minimum absolute atomic E-state index is 0.390. The van der Waals surface area contributed by atoms with Crippen molar-refractivity contribution in [2.75, 3.05) is 0 Å². The van der Waals surface area contributed by atoms with E-state index in [1.807, 2.05) is 62.4 Å². The Labute approximate surface area is 223 Å². The summed E-state index contributed by atoms with van der Waals surface area (Å²) >= 11 is 25.5.